The SMILES string of the molecule is CCOCC(C)(C)C(C)=O. The highest BCUT2D eigenvalue weighted by molar-refractivity contribution is 5.81. The third-order valence-corrected chi connectivity index (χ3v) is 1.62. The van der Waals surface area contributed by atoms with Crippen LogP contribution in [0.1, 0.15) is 27.7 Å². The van der Waals surface area contributed by atoms with Crippen molar-refractivity contribution < 1.29 is 9.53 Å². The van der Waals surface area contributed by atoms with E-state index in [9.17, 15) is 4.79 Å². The Morgan fingerprint density at radius 3 is 2.30 bits per heavy atom. The zero-order valence-electron chi connectivity index (χ0n) is 7.23. The minimum absolute atomic E-state index is 0.181. The Kier molecular flexibility index (Phi) is 3.58. The summed E-state index contributed by atoms with van der Waals surface area (Å²) in [6, 6.07) is 0. The van der Waals surface area contributed by atoms with Gasteiger partial charge < -0.3 is 4.74 Å². The Labute approximate surface area is 62.6 Å². The van der Waals surface area contributed by atoms with Crippen LogP contribution < -0.4 is 0 Å². The second-order valence-electron chi connectivity index (χ2n) is 3.08. The van der Waals surface area contributed by atoms with E-state index in [0.717, 1.165) is 0 Å². The van der Waals surface area contributed by atoms with E-state index >= 15 is 0 Å². The molecule has 0 aliphatic rings. The fourth-order valence-corrected chi connectivity index (χ4v) is 0.459. The maximum Gasteiger partial charge on any atom is 0.137 e. The molecule has 0 aromatic carbocycles. The Bertz CT molecular complexity index is 116. The van der Waals surface area contributed by atoms with Crippen molar-refractivity contribution in [2.24, 2.45) is 5.41 Å². The van der Waals surface area contributed by atoms with Gasteiger partial charge in [0.1, 0.15) is 5.78 Å². The monoisotopic (exact) mass is 144 g/mol. The van der Waals surface area contributed by atoms with Crippen molar-refractivity contribution in [1.29, 1.82) is 0 Å². The van der Waals surface area contributed by atoms with Crippen LogP contribution in [-0.2, 0) is 9.53 Å². The highest BCUT2D eigenvalue weighted by Crippen LogP contribution is 2.15. The van der Waals surface area contributed by atoms with Crippen molar-refractivity contribution in [3.63, 3.8) is 0 Å². The molecule has 60 valence electrons. The first-order valence-electron chi connectivity index (χ1n) is 3.59. The molecule has 0 N–H and O–H groups in total. The van der Waals surface area contributed by atoms with Crippen molar-refractivity contribution in [1.82, 2.24) is 0 Å². The van der Waals surface area contributed by atoms with E-state index in [2.05, 4.69) is 0 Å². The van der Waals surface area contributed by atoms with Crippen molar-refractivity contribution in [2.45, 2.75) is 27.7 Å². The third kappa shape index (κ3) is 2.97. The highest BCUT2D eigenvalue weighted by Gasteiger charge is 2.23. The lowest BCUT2D eigenvalue weighted by molar-refractivity contribution is -0.127. The largest absolute Gasteiger partial charge is 0.381 e. The summed E-state index contributed by atoms with van der Waals surface area (Å²) in [6.45, 7) is 8.51. The molecule has 0 fully saturated rings. The molecule has 0 bridgehead atoms. The van der Waals surface area contributed by atoms with Gasteiger partial charge in [0.05, 0.1) is 6.61 Å². The number of ketones is 1. The summed E-state index contributed by atoms with van der Waals surface area (Å²) in [7, 11) is 0. The van der Waals surface area contributed by atoms with Crippen molar-refractivity contribution >= 4 is 5.78 Å². The van der Waals surface area contributed by atoms with Gasteiger partial charge in [-0.2, -0.15) is 0 Å². The number of hydrogen-bond donors (Lipinski definition) is 0. The van der Waals surface area contributed by atoms with Gasteiger partial charge in [-0.1, -0.05) is 13.8 Å². The fraction of sp³-hybridized carbons (Fsp3) is 0.875. The number of carbonyl (C=O) groups is 1. The number of rotatable bonds is 4. The van der Waals surface area contributed by atoms with Gasteiger partial charge in [-0.15, -0.1) is 0 Å². The van der Waals surface area contributed by atoms with Gasteiger partial charge in [-0.3, -0.25) is 4.79 Å². The lowest BCUT2D eigenvalue weighted by atomic mass is 9.90. The van der Waals surface area contributed by atoms with Crippen LogP contribution >= 0.6 is 0 Å². The average Bonchev–Trinajstić information content (AvgIpc) is 1.84. The van der Waals surface area contributed by atoms with E-state index in [-0.39, 0.29) is 11.2 Å². The van der Waals surface area contributed by atoms with Crippen LogP contribution in [0.4, 0.5) is 0 Å². The minimum Gasteiger partial charge on any atom is -0.381 e. The second kappa shape index (κ2) is 3.71. The molecule has 0 spiro atoms. The third-order valence-electron chi connectivity index (χ3n) is 1.62. The van der Waals surface area contributed by atoms with Crippen LogP contribution in [0.2, 0.25) is 0 Å². The molecule has 0 saturated heterocycles. The Morgan fingerprint density at radius 2 is 2.00 bits per heavy atom. The van der Waals surface area contributed by atoms with Crippen LogP contribution in [0.5, 0.6) is 0 Å². The topological polar surface area (TPSA) is 26.3 Å². The highest BCUT2D eigenvalue weighted by atomic mass is 16.5. The Balaban J connectivity index is 3.75. The lowest BCUT2D eigenvalue weighted by Gasteiger charge is -2.19. The van der Waals surface area contributed by atoms with Crippen molar-refractivity contribution in [3.8, 4) is 0 Å². The van der Waals surface area contributed by atoms with Gasteiger partial charge in [-0.05, 0) is 13.8 Å². The molecule has 2 nitrogen and oxygen atoms in total. The molecule has 0 saturated carbocycles. The molecule has 0 aliphatic heterocycles. The van der Waals surface area contributed by atoms with Gasteiger partial charge >= 0.3 is 0 Å². The number of hydrogen-bond acceptors (Lipinski definition) is 2. The number of ether oxygens (including phenoxy) is 1. The normalized spacial score (nSPS) is 11.6. The van der Waals surface area contributed by atoms with E-state index in [1.807, 2.05) is 20.8 Å². The van der Waals surface area contributed by atoms with Crippen LogP contribution in [-0.4, -0.2) is 19.0 Å². The minimum atomic E-state index is -0.310. The first-order valence-corrected chi connectivity index (χ1v) is 3.59. The maximum absolute atomic E-state index is 10.9. The van der Waals surface area contributed by atoms with Crippen molar-refractivity contribution in [2.75, 3.05) is 13.2 Å². The van der Waals surface area contributed by atoms with Crippen LogP contribution in [0, 0.1) is 5.41 Å². The number of Topliss-reactive ketones (excluding diaryl/α,β-unsaturated/α-hetero) is 1. The molecule has 0 rings (SSSR count). The van der Waals surface area contributed by atoms with Gasteiger partial charge in [0.15, 0.2) is 0 Å². The van der Waals surface area contributed by atoms with E-state index in [1.54, 1.807) is 6.92 Å². The Hall–Kier alpha value is -0.370. The summed E-state index contributed by atoms with van der Waals surface area (Å²) < 4.78 is 5.14. The molecular formula is C8H16O2. The second-order valence-corrected chi connectivity index (χ2v) is 3.08. The Morgan fingerprint density at radius 1 is 1.50 bits per heavy atom. The number of carbonyl (C=O) groups excluding carboxylic acids is 1. The summed E-state index contributed by atoms with van der Waals surface area (Å²) >= 11 is 0. The molecule has 0 radical (unpaired) electrons. The standard InChI is InChI=1S/C8H16O2/c1-5-10-6-8(3,4)7(2)9/h5-6H2,1-4H3. The molecular weight excluding hydrogens is 128 g/mol. The van der Waals surface area contributed by atoms with Crippen LogP contribution in [0.3, 0.4) is 0 Å². The smallest absolute Gasteiger partial charge is 0.137 e. The van der Waals surface area contributed by atoms with Gasteiger partial charge in [0, 0.05) is 12.0 Å². The first kappa shape index (κ1) is 9.63. The molecule has 0 atom stereocenters. The zero-order chi connectivity index (χ0) is 8.20. The van der Waals surface area contributed by atoms with Gasteiger partial charge in [0.2, 0.25) is 0 Å². The lowest BCUT2D eigenvalue weighted by Crippen LogP contribution is -2.27. The first-order chi connectivity index (χ1) is 4.50. The maximum atomic E-state index is 10.9. The van der Waals surface area contributed by atoms with Crippen LogP contribution in [0.15, 0.2) is 0 Å². The van der Waals surface area contributed by atoms with Crippen LogP contribution in [0.25, 0.3) is 0 Å². The van der Waals surface area contributed by atoms with E-state index in [0.29, 0.717) is 13.2 Å². The average molecular weight is 144 g/mol. The summed E-state index contributed by atoms with van der Waals surface area (Å²) in [4.78, 5) is 10.9. The molecule has 0 amide bonds. The molecule has 2 heteroatoms. The fourth-order valence-electron chi connectivity index (χ4n) is 0.459. The molecule has 0 aromatic heterocycles. The van der Waals surface area contributed by atoms with Crippen molar-refractivity contribution in [3.05, 3.63) is 0 Å². The summed E-state index contributed by atoms with van der Waals surface area (Å²) in [5.41, 5.74) is -0.310. The predicted octanol–water partition coefficient (Wildman–Crippen LogP) is 1.64. The van der Waals surface area contributed by atoms with Gasteiger partial charge in [0.25, 0.3) is 0 Å². The summed E-state index contributed by atoms with van der Waals surface area (Å²) in [6.07, 6.45) is 0. The van der Waals surface area contributed by atoms with Gasteiger partial charge in [-0.25, -0.2) is 0 Å². The molecule has 0 aromatic rings. The predicted molar refractivity (Wildman–Crippen MR) is 41.0 cm³/mol. The summed E-state index contributed by atoms with van der Waals surface area (Å²) in [5, 5.41) is 0. The molecule has 10 heavy (non-hydrogen) atoms. The summed E-state index contributed by atoms with van der Waals surface area (Å²) in [5.74, 6) is 0.181. The zero-order valence-corrected chi connectivity index (χ0v) is 7.23. The molecule has 0 unspecified atom stereocenters. The molecule has 0 heterocycles. The molecule has 0 aliphatic carbocycles. The quantitative estimate of drug-likeness (QED) is 0.599. The van der Waals surface area contributed by atoms with E-state index < -0.39 is 0 Å². The van der Waals surface area contributed by atoms with E-state index in [1.165, 1.54) is 0 Å². The van der Waals surface area contributed by atoms with E-state index in [4.69, 9.17) is 4.74 Å².